The van der Waals surface area contributed by atoms with E-state index < -0.39 is 5.91 Å². The Kier molecular flexibility index (Phi) is 6.50. The molecule has 2 heterocycles. The highest BCUT2D eigenvalue weighted by Crippen LogP contribution is 2.12. The Balaban J connectivity index is 1.94. The minimum absolute atomic E-state index is 0.0489. The molecule has 0 radical (unpaired) electrons. The lowest BCUT2D eigenvalue weighted by Crippen LogP contribution is -2.42. The molecule has 1 aromatic heterocycles. The molecule has 1 aliphatic heterocycles. The largest absolute Gasteiger partial charge is 0.497 e. The fourth-order valence-electron chi connectivity index (χ4n) is 3.42. The van der Waals surface area contributed by atoms with Crippen molar-refractivity contribution in [2.75, 3.05) is 33.4 Å². The number of para-hydroxylation sites is 1. The number of aromatic nitrogens is 1. The first kappa shape index (κ1) is 21.6. The van der Waals surface area contributed by atoms with Gasteiger partial charge in [0.25, 0.3) is 11.5 Å². The van der Waals surface area contributed by atoms with Crippen molar-refractivity contribution in [3.05, 3.63) is 79.7 Å². The van der Waals surface area contributed by atoms with Crippen LogP contribution in [0.3, 0.4) is 0 Å². The highest BCUT2D eigenvalue weighted by Gasteiger charge is 2.23. The number of hydrogen-bond donors (Lipinski definition) is 0. The molecule has 0 bridgehead atoms. The Morgan fingerprint density at radius 2 is 1.81 bits per heavy atom. The SMILES string of the molecule is COc1ccc(/C=c2\s/c(=C(/C#N)C(=O)N3CCOCC3)n(-c3ccccc3)c2=O)cc1. The van der Waals surface area contributed by atoms with Gasteiger partial charge in [-0.2, -0.15) is 5.26 Å². The van der Waals surface area contributed by atoms with Crippen LogP contribution in [0.1, 0.15) is 5.56 Å². The zero-order chi connectivity index (χ0) is 22.5. The molecule has 0 atom stereocenters. The lowest BCUT2D eigenvalue weighted by atomic mass is 10.2. The summed E-state index contributed by atoms with van der Waals surface area (Å²) in [5.41, 5.74) is 1.08. The number of benzene rings is 2. The molecule has 1 fully saturated rings. The first-order valence-corrected chi connectivity index (χ1v) is 10.9. The molecule has 1 saturated heterocycles. The van der Waals surface area contributed by atoms with E-state index in [9.17, 15) is 14.9 Å². The lowest BCUT2D eigenvalue weighted by molar-refractivity contribution is -0.128. The first-order valence-electron chi connectivity index (χ1n) is 10.1. The number of morpholine rings is 1. The van der Waals surface area contributed by atoms with Crippen LogP contribution in [0.2, 0.25) is 0 Å². The van der Waals surface area contributed by atoms with Crippen molar-refractivity contribution in [2.24, 2.45) is 0 Å². The van der Waals surface area contributed by atoms with E-state index in [4.69, 9.17) is 9.47 Å². The molecule has 4 rings (SSSR count). The quantitative estimate of drug-likeness (QED) is 0.602. The fraction of sp³-hybridized carbons (Fsp3) is 0.208. The van der Waals surface area contributed by atoms with Crippen LogP contribution in [0.5, 0.6) is 5.75 Å². The second-order valence-corrected chi connectivity index (χ2v) is 8.09. The third kappa shape index (κ3) is 4.35. The van der Waals surface area contributed by atoms with Gasteiger partial charge in [-0.05, 0) is 35.9 Å². The summed E-state index contributed by atoms with van der Waals surface area (Å²) in [5, 5.41) is 9.90. The van der Waals surface area contributed by atoms with Crippen LogP contribution < -0.4 is 19.5 Å². The van der Waals surface area contributed by atoms with E-state index in [0.717, 1.165) is 16.9 Å². The summed E-state index contributed by atoms with van der Waals surface area (Å²) in [5.74, 6) is 0.324. The van der Waals surface area contributed by atoms with Crippen LogP contribution >= 0.6 is 11.3 Å². The summed E-state index contributed by atoms with van der Waals surface area (Å²) >= 11 is 1.14. The van der Waals surface area contributed by atoms with Crippen molar-refractivity contribution in [3.8, 4) is 17.5 Å². The van der Waals surface area contributed by atoms with Gasteiger partial charge in [-0.15, -0.1) is 11.3 Å². The predicted molar refractivity (Wildman–Crippen MR) is 122 cm³/mol. The Labute approximate surface area is 188 Å². The van der Waals surface area contributed by atoms with E-state index in [-0.39, 0.29) is 11.1 Å². The van der Waals surface area contributed by atoms with Gasteiger partial charge in [-0.25, -0.2) is 0 Å². The summed E-state index contributed by atoms with van der Waals surface area (Å²) in [4.78, 5) is 28.1. The van der Waals surface area contributed by atoms with Gasteiger partial charge in [-0.1, -0.05) is 30.3 Å². The smallest absolute Gasteiger partial charge is 0.273 e. The van der Waals surface area contributed by atoms with E-state index in [1.165, 1.54) is 4.57 Å². The molecule has 0 unspecified atom stereocenters. The number of carbonyl (C=O) groups is 1. The van der Waals surface area contributed by atoms with Gasteiger partial charge in [0.2, 0.25) is 0 Å². The highest BCUT2D eigenvalue weighted by atomic mass is 32.1. The molecule has 0 N–H and O–H groups in total. The third-order valence-corrected chi connectivity index (χ3v) is 6.18. The topological polar surface area (TPSA) is 84.6 Å². The second-order valence-electron chi connectivity index (χ2n) is 7.06. The van der Waals surface area contributed by atoms with Crippen LogP contribution in [-0.2, 0) is 9.53 Å². The number of nitriles is 1. The van der Waals surface area contributed by atoms with E-state index in [2.05, 4.69) is 0 Å². The molecule has 1 amide bonds. The summed E-state index contributed by atoms with van der Waals surface area (Å²) in [7, 11) is 1.59. The van der Waals surface area contributed by atoms with E-state index in [1.54, 1.807) is 30.2 Å². The zero-order valence-corrected chi connectivity index (χ0v) is 18.3. The van der Waals surface area contributed by atoms with Crippen molar-refractivity contribution in [2.45, 2.75) is 0 Å². The van der Waals surface area contributed by atoms with Gasteiger partial charge >= 0.3 is 0 Å². The Morgan fingerprint density at radius 1 is 1.12 bits per heavy atom. The summed E-state index contributed by atoms with van der Waals surface area (Å²) in [6.07, 6.45) is 1.75. The molecular formula is C24H21N3O4S. The predicted octanol–water partition coefficient (Wildman–Crippen LogP) is 1.27. The van der Waals surface area contributed by atoms with Crippen molar-refractivity contribution in [1.29, 1.82) is 5.26 Å². The van der Waals surface area contributed by atoms with Crippen molar-refractivity contribution >= 4 is 28.9 Å². The second kappa shape index (κ2) is 9.64. The number of rotatable bonds is 4. The molecule has 0 saturated carbocycles. The number of thiazole rings is 1. The number of carbonyl (C=O) groups excluding carboxylic acids is 1. The lowest BCUT2D eigenvalue weighted by Gasteiger charge is -2.26. The van der Waals surface area contributed by atoms with Crippen molar-refractivity contribution < 1.29 is 14.3 Å². The van der Waals surface area contributed by atoms with Crippen molar-refractivity contribution in [3.63, 3.8) is 0 Å². The summed E-state index contributed by atoms with van der Waals surface area (Å²) in [6.45, 7) is 1.68. The number of hydrogen-bond acceptors (Lipinski definition) is 6. The molecule has 1 aliphatic rings. The number of amides is 1. The average molecular weight is 448 g/mol. The maximum absolute atomic E-state index is 13.4. The summed E-state index contributed by atoms with van der Waals surface area (Å²) in [6, 6.07) is 18.4. The zero-order valence-electron chi connectivity index (χ0n) is 17.5. The molecule has 2 aromatic carbocycles. The van der Waals surface area contributed by atoms with Gasteiger partial charge < -0.3 is 14.4 Å². The van der Waals surface area contributed by atoms with Gasteiger partial charge in [0, 0.05) is 13.1 Å². The Bertz CT molecular complexity index is 1330. The van der Waals surface area contributed by atoms with Gasteiger partial charge in [0.05, 0.1) is 30.5 Å². The van der Waals surface area contributed by atoms with Crippen LogP contribution in [0, 0.1) is 11.3 Å². The number of nitrogens with zero attached hydrogens (tertiary/aromatic N) is 3. The van der Waals surface area contributed by atoms with Gasteiger partial charge in [0.1, 0.15) is 16.5 Å². The summed E-state index contributed by atoms with van der Waals surface area (Å²) < 4.78 is 12.7. The molecule has 0 spiro atoms. The first-order chi connectivity index (χ1) is 15.6. The fourth-order valence-corrected chi connectivity index (χ4v) is 4.52. The van der Waals surface area contributed by atoms with Crippen LogP contribution in [0.15, 0.2) is 59.4 Å². The molecular weight excluding hydrogens is 426 g/mol. The Hall–Kier alpha value is -3.67. The van der Waals surface area contributed by atoms with Gasteiger partial charge in [-0.3, -0.25) is 14.2 Å². The minimum atomic E-state index is -0.391. The van der Waals surface area contributed by atoms with Crippen LogP contribution in [0.25, 0.3) is 17.3 Å². The Morgan fingerprint density at radius 3 is 2.44 bits per heavy atom. The average Bonchev–Trinajstić information content (AvgIpc) is 3.16. The van der Waals surface area contributed by atoms with Gasteiger partial charge in [0.15, 0.2) is 5.57 Å². The molecule has 32 heavy (non-hydrogen) atoms. The van der Waals surface area contributed by atoms with Crippen molar-refractivity contribution in [1.82, 2.24) is 9.47 Å². The van der Waals surface area contributed by atoms with E-state index >= 15 is 0 Å². The molecule has 8 heteroatoms. The monoisotopic (exact) mass is 447 g/mol. The highest BCUT2D eigenvalue weighted by molar-refractivity contribution is 7.07. The van der Waals surface area contributed by atoms with E-state index in [0.29, 0.717) is 46.9 Å². The number of methoxy groups -OCH3 is 1. The van der Waals surface area contributed by atoms with Crippen LogP contribution in [-0.4, -0.2) is 48.8 Å². The molecule has 162 valence electrons. The normalized spacial score (nSPS) is 15.2. The third-order valence-electron chi connectivity index (χ3n) is 5.09. The van der Waals surface area contributed by atoms with Crippen LogP contribution in [0.4, 0.5) is 0 Å². The maximum Gasteiger partial charge on any atom is 0.273 e. The molecule has 0 aliphatic carbocycles. The molecule has 7 nitrogen and oxygen atoms in total. The number of ether oxygens (including phenoxy) is 2. The van der Waals surface area contributed by atoms with E-state index in [1.807, 2.05) is 48.5 Å². The standard InChI is InChI=1S/C24H21N3O4S/c1-30-19-9-7-17(8-10-19)15-21-23(29)27(18-5-3-2-4-6-18)24(32-21)20(16-25)22(28)26-11-13-31-14-12-26/h2-10,15H,11-14H2,1H3/b21-15-,24-20-. The minimum Gasteiger partial charge on any atom is -0.497 e. The maximum atomic E-state index is 13.4. The molecule has 3 aromatic rings.